The van der Waals surface area contributed by atoms with Crippen LogP contribution in [0.4, 0.5) is 5.69 Å². The fourth-order valence-electron chi connectivity index (χ4n) is 1.89. The predicted molar refractivity (Wildman–Crippen MR) is 78.5 cm³/mol. The molecule has 1 aromatic carbocycles. The molecule has 4 nitrogen and oxygen atoms in total. The highest BCUT2D eigenvalue weighted by Crippen LogP contribution is 2.21. The molecule has 0 bridgehead atoms. The lowest BCUT2D eigenvalue weighted by Gasteiger charge is -2.22. The van der Waals surface area contributed by atoms with Crippen LogP contribution in [0.1, 0.15) is 12.0 Å². The first kappa shape index (κ1) is 14.2. The zero-order valence-electron chi connectivity index (χ0n) is 10.3. The van der Waals surface area contributed by atoms with E-state index in [1.807, 2.05) is 17.8 Å². The van der Waals surface area contributed by atoms with Gasteiger partial charge in [0.15, 0.2) is 0 Å². The van der Waals surface area contributed by atoms with Crippen molar-refractivity contribution in [1.82, 2.24) is 5.32 Å². The van der Waals surface area contributed by atoms with Crippen LogP contribution < -0.4 is 10.6 Å². The van der Waals surface area contributed by atoms with Crippen molar-refractivity contribution in [2.24, 2.45) is 0 Å². The largest absolute Gasteiger partial charge is 0.325 e. The summed E-state index contributed by atoms with van der Waals surface area (Å²) in [5, 5.41) is 15.5. The average Bonchev–Trinajstić information content (AvgIpc) is 2.40. The Labute approximate surface area is 121 Å². The maximum Gasteiger partial charge on any atom is 0.226 e. The van der Waals surface area contributed by atoms with E-state index in [0.717, 1.165) is 18.1 Å². The molecule has 1 aliphatic rings. The lowest BCUT2D eigenvalue weighted by Crippen LogP contribution is -2.39. The van der Waals surface area contributed by atoms with Crippen LogP contribution in [0.2, 0.25) is 5.02 Å². The molecule has 0 aliphatic carbocycles. The van der Waals surface area contributed by atoms with Gasteiger partial charge in [0.2, 0.25) is 5.91 Å². The van der Waals surface area contributed by atoms with Crippen molar-refractivity contribution in [3.8, 4) is 6.07 Å². The first-order chi connectivity index (χ1) is 9.19. The molecule has 1 fully saturated rings. The third-order valence-electron chi connectivity index (χ3n) is 2.81. The molecule has 0 saturated carbocycles. The Hall–Kier alpha value is -1.22. The molecule has 1 amide bonds. The van der Waals surface area contributed by atoms with Gasteiger partial charge < -0.3 is 10.6 Å². The molecule has 1 saturated heterocycles. The summed E-state index contributed by atoms with van der Waals surface area (Å²) in [6, 6.07) is 7.07. The third kappa shape index (κ3) is 4.13. The highest BCUT2D eigenvalue weighted by molar-refractivity contribution is 7.99. The van der Waals surface area contributed by atoms with E-state index in [-0.39, 0.29) is 11.9 Å². The number of hydrogen-bond acceptors (Lipinski definition) is 4. The van der Waals surface area contributed by atoms with Crippen molar-refractivity contribution in [2.75, 3.05) is 23.4 Å². The number of benzene rings is 1. The number of nitriles is 1. The van der Waals surface area contributed by atoms with Crippen LogP contribution in [0, 0.1) is 11.3 Å². The molecule has 6 heteroatoms. The molecule has 1 aliphatic heterocycles. The quantitative estimate of drug-likeness (QED) is 0.897. The summed E-state index contributed by atoms with van der Waals surface area (Å²) < 4.78 is 0. The summed E-state index contributed by atoms with van der Waals surface area (Å²) in [5.74, 6) is 1.93. The van der Waals surface area contributed by atoms with Gasteiger partial charge in [0.1, 0.15) is 6.07 Å². The fourth-order valence-corrected chi connectivity index (χ4v) is 3.01. The zero-order valence-corrected chi connectivity index (χ0v) is 11.9. The topological polar surface area (TPSA) is 64.9 Å². The highest BCUT2D eigenvalue weighted by Gasteiger charge is 2.17. The maximum atomic E-state index is 11.9. The van der Waals surface area contributed by atoms with Crippen LogP contribution in [0.3, 0.4) is 0 Å². The number of nitrogens with zero attached hydrogens (tertiary/aromatic N) is 1. The summed E-state index contributed by atoms with van der Waals surface area (Å²) in [6.45, 7) is 0.934. The molecule has 1 atom stereocenters. The Morgan fingerprint density at radius 1 is 1.63 bits per heavy atom. The fraction of sp³-hybridized carbons (Fsp3) is 0.385. The van der Waals surface area contributed by atoms with Gasteiger partial charge in [-0.25, -0.2) is 0 Å². The minimum absolute atomic E-state index is 0.0984. The Balaban J connectivity index is 1.98. The summed E-state index contributed by atoms with van der Waals surface area (Å²) in [6.07, 6.45) is 0.407. The number of hydrogen-bond donors (Lipinski definition) is 2. The molecule has 0 spiro atoms. The number of thioether (sulfide) groups is 1. The molecule has 0 radical (unpaired) electrons. The van der Waals surface area contributed by atoms with Gasteiger partial charge in [0.25, 0.3) is 0 Å². The number of halogens is 1. The van der Waals surface area contributed by atoms with Gasteiger partial charge in [-0.2, -0.15) is 17.0 Å². The Kier molecular flexibility index (Phi) is 5.08. The van der Waals surface area contributed by atoms with Gasteiger partial charge in [-0.1, -0.05) is 11.6 Å². The van der Waals surface area contributed by atoms with Crippen LogP contribution in [0.25, 0.3) is 0 Å². The van der Waals surface area contributed by atoms with Gasteiger partial charge in [-0.3, -0.25) is 4.79 Å². The minimum Gasteiger partial charge on any atom is -0.325 e. The Morgan fingerprint density at radius 3 is 3.16 bits per heavy atom. The SMILES string of the molecule is N#Cc1ccc(Cl)cc1NC(=O)CC1CSCCN1. The number of carbonyl (C=O) groups excluding carboxylic acids is 1. The van der Waals surface area contributed by atoms with Crippen LogP contribution in [-0.4, -0.2) is 30.0 Å². The number of rotatable bonds is 3. The van der Waals surface area contributed by atoms with E-state index in [1.54, 1.807) is 18.2 Å². The highest BCUT2D eigenvalue weighted by atomic mass is 35.5. The molecule has 0 aromatic heterocycles. The zero-order chi connectivity index (χ0) is 13.7. The monoisotopic (exact) mass is 295 g/mol. The summed E-state index contributed by atoms with van der Waals surface area (Å²) in [7, 11) is 0. The predicted octanol–water partition coefficient (Wildman–Crippen LogP) is 2.25. The van der Waals surface area contributed by atoms with Crippen molar-refractivity contribution < 1.29 is 4.79 Å². The summed E-state index contributed by atoms with van der Waals surface area (Å²) >= 11 is 7.72. The molecule has 1 aromatic rings. The van der Waals surface area contributed by atoms with E-state index in [0.29, 0.717) is 22.7 Å². The van der Waals surface area contributed by atoms with Crippen molar-refractivity contribution >= 4 is 35.0 Å². The smallest absolute Gasteiger partial charge is 0.226 e. The number of nitrogens with one attached hydrogen (secondary N) is 2. The molecule has 100 valence electrons. The molecule has 1 unspecified atom stereocenters. The summed E-state index contributed by atoms with van der Waals surface area (Å²) in [4.78, 5) is 11.9. The number of anilines is 1. The van der Waals surface area contributed by atoms with Crippen LogP contribution in [-0.2, 0) is 4.79 Å². The van der Waals surface area contributed by atoms with Crippen LogP contribution in [0.15, 0.2) is 18.2 Å². The lowest BCUT2D eigenvalue weighted by molar-refractivity contribution is -0.116. The van der Waals surface area contributed by atoms with Gasteiger partial charge in [0, 0.05) is 35.5 Å². The molecule has 1 heterocycles. The molecular formula is C13H14ClN3OS. The second kappa shape index (κ2) is 6.80. The normalized spacial score (nSPS) is 18.6. The van der Waals surface area contributed by atoms with Crippen molar-refractivity contribution in [3.05, 3.63) is 28.8 Å². The van der Waals surface area contributed by atoms with Crippen molar-refractivity contribution in [1.29, 1.82) is 5.26 Å². The maximum absolute atomic E-state index is 11.9. The molecule has 2 N–H and O–H groups in total. The van der Waals surface area contributed by atoms with E-state index in [4.69, 9.17) is 16.9 Å². The molecular weight excluding hydrogens is 282 g/mol. The van der Waals surface area contributed by atoms with Gasteiger partial charge >= 0.3 is 0 Å². The Morgan fingerprint density at radius 2 is 2.47 bits per heavy atom. The molecule has 2 rings (SSSR count). The standard InChI is InChI=1S/C13H14ClN3OS/c14-10-2-1-9(7-15)12(5-10)17-13(18)6-11-8-19-4-3-16-11/h1-2,5,11,16H,3-4,6,8H2,(H,17,18). The van der Waals surface area contributed by atoms with E-state index >= 15 is 0 Å². The summed E-state index contributed by atoms with van der Waals surface area (Å²) in [5.41, 5.74) is 0.896. The van der Waals surface area contributed by atoms with Gasteiger partial charge in [-0.05, 0) is 18.2 Å². The Bertz CT molecular complexity index is 509. The van der Waals surface area contributed by atoms with E-state index in [2.05, 4.69) is 10.6 Å². The minimum atomic E-state index is -0.0984. The number of carbonyl (C=O) groups is 1. The van der Waals surface area contributed by atoms with E-state index in [9.17, 15) is 4.79 Å². The van der Waals surface area contributed by atoms with E-state index < -0.39 is 0 Å². The van der Waals surface area contributed by atoms with E-state index in [1.165, 1.54) is 0 Å². The second-order valence-electron chi connectivity index (χ2n) is 4.28. The third-order valence-corrected chi connectivity index (χ3v) is 4.17. The molecule has 19 heavy (non-hydrogen) atoms. The second-order valence-corrected chi connectivity index (χ2v) is 5.87. The van der Waals surface area contributed by atoms with Crippen molar-refractivity contribution in [2.45, 2.75) is 12.5 Å². The first-order valence-electron chi connectivity index (χ1n) is 5.99. The average molecular weight is 296 g/mol. The lowest BCUT2D eigenvalue weighted by atomic mass is 10.1. The van der Waals surface area contributed by atoms with Crippen LogP contribution >= 0.6 is 23.4 Å². The number of amides is 1. The van der Waals surface area contributed by atoms with Gasteiger partial charge in [-0.15, -0.1) is 0 Å². The van der Waals surface area contributed by atoms with Crippen LogP contribution in [0.5, 0.6) is 0 Å². The first-order valence-corrected chi connectivity index (χ1v) is 7.53. The van der Waals surface area contributed by atoms with Crippen molar-refractivity contribution in [3.63, 3.8) is 0 Å². The van der Waals surface area contributed by atoms with Gasteiger partial charge in [0.05, 0.1) is 11.3 Å².